The lowest BCUT2D eigenvalue weighted by molar-refractivity contribution is -0.385. The summed E-state index contributed by atoms with van der Waals surface area (Å²) < 4.78 is 0. The van der Waals surface area contributed by atoms with Gasteiger partial charge in [-0.25, -0.2) is 4.90 Å². The molecule has 8 heteroatoms. The monoisotopic (exact) mass is 342 g/mol. The summed E-state index contributed by atoms with van der Waals surface area (Å²) in [7, 11) is 0. The molecule has 0 aromatic heterocycles. The molecule has 0 bridgehead atoms. The van der Waals surface area contributed by atoms with E-state index in [1.54, 1.807) is 6.07 Å². The van der Waals surface area contributed by atoms with Gasteiger partial charge in [-0.05, 0) is 36.0 Å². The number of amides is 2. The molecule has 1 fully saturated rings. The van der Waals surface area contributed by atoms with E-state index >= 15 is 0 Å². The molecule has 0 spiro atoms. The predicted octanol–water partition coefficient (Wildman–Crippen LogP) is 3.54. The Morgan fingerprint density at radius 2 is 1.88 bits per heavy atom. The van der Waals surface area contributed by atoms with Crippen LogP contribution in [0.25, 0.3) is 6.08 Å². The van der Waals surface area contributed by atoms with Crippen molar-refractivity contribution in [2.24, 2.45) is 0 Å². The molecular formula is C16H10N2O5S. The molecule has 120 valence electrons. The van der Waals surface area contributed by atoms with Crippen molar-refractivity contribution in [3.05, 3.63) is 69.1 Å². The van der Waals surface area contributed by atoms with Gasteiger partial charge < -0.3 is 5.11 Å². The lowest BCUT2D eigenvalue weighted by Crippen LogP contribution is -2.27. The van der Waals surface area contributed by atoms with Gasteiger partial charge in [0.05, 0.1) is 21.1 Å². The first-order valence-corrected chi connectivity index (χ1v) is 7.59. The number of carbonyl (C=O) groups is 2. The molecular weight excluding hydrogens is 332 g/mol. The van der Waals surface area contributed by atoms with Crippen molar-refractivity contribution in [2.45, 2.75) is 0 Å². The molecule has 1 aliphatic rings. The molecule has 0 atom stereocenters. The molecule has 2 aromatic carbocycles. The van der Waals surface area contributed by atoms with Crippen LogP contribution in [0.5, 0.6) is 5.75 Å². The van der Waals surface area contributed by atoms with E-state index in [2.05, 4.69) is 0 Å². The Morgan fingerprint density at radius 1 is 1.12 bits per heavy atom. The lowest BCUT2D eigenvalue weighted by atomic mass is 10.1. The van der Waals surface area contributed by atoms with Crippen LogP contribution in [0.3, 0.4) is 0 Å². The van der Waals surface area contributed by atoms with E-state index in [1.165, 1.54) is 48.5 Å². The molecule has 2 aromatic rings. The molecule has 1 heterocycles. The summed E-state index contributed by atoms with van der Waals surface area (Å²) in [6.45, 7) is 0. The zero-order chi connectivity index (χ0) is 17.3. The molecule has 1 saturated heterocycles. The van der Waals surface area contributed by atoms with Crippen molar-refractivity contribution in [1.29, 1.82) is 0 Å². The number of imide groups is 1. The van der Waals surface area contributed by atoms with Crippen LogP contribution in [0.1, 0.15) is 5.56 Å². The minimum atomic E-state index is -0.589. The summed E-state index contributed by atoms with van der Waals surface area (Å²) in [6, 6.07) is 11.7. The second kappa shape index (κ2) is 6.17. The predicted molar refractivity (Wildman–Crippen MR) is 89.7 cm³/mol. The number of thioether (sulfide) groups is 1. The van der Waals surface area contributed by atoms with Gasteiger partial charge >= 0.3 is 0 Å². The number of nitro groups is 1. The van der Waals surface area contributed by atoms with E-state index in [-0.39, 0.29) is 27.6 Å². The number of phenolic OH excluding ortho intramolecular Hbond substituents is 1. The van der Waals surface area contributed by atoms with Gasteiger partial charge in [-0.2, -0.15) is 0 Å². The number of phenols is 1. The highest BCUT2D eigenvalue weighted by Gasteiger charge is 2.36. The van der Waals surface area contributed by atoms with Gasteiger partial charge in [0.25, 0.3) is 16.8 Å². The van der Waals surface area contributed by atoms with Crippen molar-refractivity contribution in [2.75, 3.05) is 4.90 Å². The average Bonchev–Trinajstić information content (AvgIpc) is 2.81. The Hall–Kier alpha value is -3.13. The normalized spacial score (nSPS) is 16.0. The smallest absolute Gasteiger partial charge is 0.298 e. The summed E-state index contributed by atoms with van der Waals surface area (Å²) in [5.74, 6) is -0.664. The molecule has 7 nitrogen and oxygen atoms in total. The Labute approximate surface area is 140 Å². The fourth-order valence-electron chi connectivity index (χ4n) is 2.24. The van der Waals surface area contributed by atoms with Gasteiger partial charge in [-0.3, -0.25) is 19.7 Å². The lowest BCUT2D eigenvalue weighted by Gasteiger charge is -2.12. The standard InChI is InChI=1S/C16H10N2O5S/c19-12-6-3-5-11(9-12)17-15(20)14(24-16(17)21)8-10-4-1-2-7-13(10)18(22)23/h1-9,19H. The van der Waals surface area contributed by atoms with E-state index < -0.39 is 16.1 Å². The average molecular weight is 342 g/mol. The van der Waals surface area contributed by atoms with Gasteiger partial charge in [0.15, 0.2) is 0 Å². The topological polar surface area (TPSA) is 101 Å². The summed E-state index contributed by atoms with van der Waals surface area (Å²) in [5.41, 5.74) is 0.328. The third kappa shape index (κ3) is 2.86. The molecule has 3 rings (SSSR count). The quantitative estimate of drug-likeness (QED) is 0.520. The van der Waals surface area contributed by atoms with Crippen LogP contribution in [-0.4, -0.2) is 21.2 Å². The Kier molecular flexibility index (Phi) is 4.05. The Morgan fingerprint density at radius 3 is 2.58 bits per heavy atom. The number of aromatic hydroxyl groups is 1. The van der Waals surface area contributed by atoms with E-state index in [4.69, 9.17) is 0 Å². The number of benzene rings is 2. The van der Waals surface area contributed by atoms with Crippen LogP contribution in [0, 0.1) is 10.1 Å². The van der Waals surface area contributed by atoms with Crippen molar-refractivity contribution in [3.8, 4) is 5.75 Å². The summed E-state index contributed by atoms with van der Waals surface area (Å²) in [6.07, 6.45) is 1.33. The van der Waals surface area contributed by atoms with Gasteiger partial charge in [-0.15, -0.1) is 0 Å². The fourth-order valence-corrected chi connectivity index (χ4v) is 3.07. The highest BCUT2D eigenvalue weighted by Crippen LogP contribution is 2.37. The number of rotatable bonds is 3. The second-order valence-corrected chi connectivity index (χ2v) is 5.85. The number of hydrogen-bond donors (Lipinski definition) is 1. The van der Waals surface area contributed by atoms with Gasteiger partial charge in [0.2, 0.25) is 0 Å². The molecule has 0 aliphatic carbocycles. The molecule has 1 N–H and O–H groups in total. The maximum atomic E-state index is 12.5. The van der Waals surface area contributed by atoms with E-state index in [0.717, 1.165) is 4.90 Å². The van der Waals surface area contributed by atoms with Crippen LogP contribution >= 0.6 is 11.8 Å². The first kappa shape index (κ1) is 15.8. The largest absolute Gasteiger partial charge is 0.508 e. The zero-order valence-electron chi connectivity index (χ0n) is 12.1. The summed E-state index contributed by atoms with van der Waals surface area (Å²) in [4.78, 5) is 36.1. The molecule has 24 heavy (non-hydrogen) atoms. The number of anilines is 1. The molecule has 2 amide bonds. The Bertz CT molecular complexity index is 894. The van der Waals surface area contributed by atoms with E-state index in [9.17, 15) is 24.8 Å². The first-order valence-electron chi connectivity index (χ1n) is 6.78. The van der Waals surface area contributed by atoms with Crippen LogP contribution in [0.4, 0.5) is 16.2 Å². The zero-order valence-corrected chi connectivity index (χ0v) is 12.9. The van der Waals surface area contributed by atoms with E-state index in [1.807, 2.05) is 0 Å². The fraction of sp³-hybridized carbons (Fsp3) is 0. The van der Waals surface area contributed by atoms with Crippen LogP contribution in [0.15, 0.2) is 53.4 Å². The number of carbonyl (C=O) groups excluding carboxylic acids is 2. The third-order valence-corrected chi connectivity index (χ3v) is 4.17. The Balaban J connectivity index is 1.99. The number of hydrogen-bond acceptors (Lipinski definition) is 6. The van der Waals surface area contributed by atoms with Crippen LogP contribution in [0.2, 0.25) is 0 Å². The van der Waals surface area contributed by atoms with Crippen molar-refractivity contribution >= 4 is 40.4 Å². The summed E-state index contributed by atoms with van der Waals surface area (Å²) >= 11 is 0.692. The van der Waals surface area contributed by atoms with Crippen LogP contribution in [-0.2, 0) is 4.79 Å². The molecule has 1 aliphatic heterocycles. The van der Waals surface area contributed by atoms with Crippen LogP contribution < -0.4 is 4.90 Å². The summed E-state index contributed by atoms with van der Waals surface area (Å²) in [5, 5.41) is 20.0. The van der Waals surface area contributed by atoms with Gasteiger partial charge in [0.1, 0.15) is 5.75 Å². The van der Waals surface area contributed by atoms with Crippen molar-refractivity contribution < 1.29 is 19.6 Å². The van der Waals surface area contributed by atoms with Gasteiger partial charge in [0, 0.05) is 12.1 Å². The maximum absolute atomic E-state index is 12.5. The minimum Gasteiger partial charge on any atom is -0.508 e. The second-order valence-electron chi connectivity index (χ2n) is 4.85. The maximum Gasteiger partial charge on any atom is 0.298 e. The first-order chi connectivity index (χ1) is 11.5. The molecule has 0 saturated carbocycles. The number of nitrogens with zero attached hydrogens (tertiary/aromatic N) is 2. The highest BCUT2D eigenvalue weighted by atomic mass is 32.2. The number of nitro benzene ring substituents is 1. The van der Waals surface area contributed by atoms with Crippen molar-refractivity contribution in [3.63, 3.8) is 0 Å². The van der Waals surface area contributed by atoms with Gasteiger partial charge in [-0.1, -0.05) is 18.2 Å². The third-order valence-electron chi connectivity index (χ3n) is 3.30. The number of para-hydroxylation sites is 1. The SMILES string of the molecule is O=C1SC(=Cc2ccccc2[N+](=O)[O-])C(=O)N1c1cccc(O)c1. The van der Waals surface area contributed by atoms with E-state index in [0.29, 0.717) is 11.8 Å². The van der Waals surface area contributed by atoms with Crippen molar-refractivity contribution in [1.82, 2.24) is 0 Å². The molecule has 0 unspecified atom stereocenters. The minimum absolute atomic E-state index is 0.0748. The molecule has 0 radical (unpaired) electrons. The highest BCUT2D eigenvalue weighted by molar-refractivity contribution is 8.19.